The summed E-state index contributed by atoms with van der Waals surface area (Å²) in [5.74, 6) is 1.14. The van der Waals surface area contributed by atoms with E-state index in [2.05, 4.69) is 26.1 Å². The molecule has 1 fully saturated rings. The van der Waals surface area contributed by atoms with Crippen molar-refractivity contribution < 1.29 is 5.11 Å². The van der Waals surface area contributed by atoms with E-state index in [4.69, 9.17) is 0 Å². The van der Waals surface area contributed by atoms with Crippen LogP contribution in [0.4, 0.5) is 0 Å². The van der Waals surface area contributed by atoms with Crippen molar-refractivity contribution in [1.29, 1.82) is 0 Å². The third kappa shape index (κ3) is 2.46. The van der Waals surface area contributed by atoms with Crippen molar-refractivity contribution in [3.8, 4) is 0 Å². The van der Waals surface area contributed by atoms with Crippen molar-refractivity contribution >= 4 is 0 Å². The Hall–Kier alpha value is -0.0800. The van der Waals surface area contributed by atoms with Gasteiger partial charge in [-0.05, 0) is 31.2 Å². The van der Waals surface area contributed by atoms with Gasteiger partial charge in [-0.1, -0.05) is 20.8 Å². The summed E-state index contributed by atoms with van der Waals surface area (Å²) >= 11 is 0. The van der Waals surface area contributed by atoms with Crippen LogP contribution in [0.25, 0.3) is 0 Å². The highest BCUT2D eigenvalue weighted by Gasteiger charge is 2.26. The minimum absolute atomic E-state index is 0.173. The molecule has 0 aromatic carbocycles. The zero-order valence-corrected chi connectivity index (χ0v) is 8.38. The van der Waals surface area contributed by atoms with Crippen LogP contribution >= 0.6 is 0 Å². The molecule has 1 saturated heterocycles. The molecule has 1 rings (SSSR count). The molecule has 72 valence electrons. The Kier molecular flexibility index (Phi) is 3.53. The molecule has 2 N–H and O–H groups in total. The van der Waals surface area contributed by atoms with E-state index in [1.165, 1.54) is 6.42 Å². The second-order valence-electron chi connectivity index (χ2n) is 4.42. The van der Waals surface area contributed by atoms with Gasteiger partial charge in [-0.3, -0.25) is 0 Å². The minimum Gasteiger partial charge on any atom is -0.391 e. The molecular weight excluding hydrogens is 150 g/mol. The van der Waals surface area contributed by atoms with Crippen LogP contribution in [-0.4, -0.2) is 23.8 Å². The Labute approximate surface area is 75.4 Å². The molecule has 0 aromatic rings. The Morgan fingerprint density at radius 1 is 1.42 bits per heavy atom. The lowest BCUT2D eigenvalue weighted by Gasteiger charge is -2.33. The van der Waals surface area contributed by atoms with Gasteiger partial charge < -0.3 is 10.4 Å². The highest BCUT2D eigenvalue weighted by molar-refractivity contribution is 4.83. The number of hydrogen-bond donors (Lipinski definition) is 2. The molecule has 2 heteroatoms. The standard InChI is InChI=1S/C10H21NO/c1-7(2)10(12)9-6-8(3)4-5-11-9/h7-12H,4-6H2,1-3H3. The monoisotopic (exact) mass is 171 g/mol. The molecular formula is C10H21NO. The highest BCUT2D eigenvalue weighted by Crippen LogP contribution is 2.20. The molecule has 3 unspecified atom stereocenters. The van der Waals surface area contributed by atoms with Crippen molar-refractivity contribution in [2.45, 2.75) is 45.8 Å². The van der Waals surface area contributed by atoms with Crippen LogP contribution in [0.3, 0.4) is 0 Å². The predicted molar refractivity (Wildman–Crippen MR) is 51.0 cm³/mol. The molecule has 0 aliphatic carbocycles. The number of aliphatic hydroxyl groups excluding tert-OH is 1. The number of nitrogens with one attached hydrogen (secondary N) is 1. The highest BCUT2D eigenvalue weighted by atomic mass is 16.3. The fraction of sp³-hybridized carbons (Fsp3) is 1.00. The predicted octanol–water partition coefficient (Wildman–Crippen LogP) is 1.39. The Morgan fingerprint density at radius 3 is 2.58 bits per heavy atom. The van der Waals surface area contributed by atoms with E-state index in [0.29, 0.717) is 12.0 Å². The summed E-state index contributed by atoms with van der Waals surface area (Å²) in [6.07, 6.45) is 2.20. The van der Waals surface area contributed by atoms with E-state index in [9.17, 15) is 5.11 Å². The lowest BCUT2D eigenvalue weighted by molar-refractivity contribution is 0.0631. The van der Waals surface area contributed by atoms with Crippen LogP contribution < -0.4 is 5.32 Å². The lowest BCUT2D eigenvalue weighted by Crippen LogP contribution is -2.47. The molecule has 0 spiro atoms. The number of rotatable bonds is 2. The summed E-state index contributed by atoms with van der Waals surface area (Å²) < 4.78 is 0. The quantitative estimate of drug-likeness (QED) is 0.658. The molecule has 0 bridgehead atoms. The normalized spacial score (nSPS) is 33.8. The summed E-state index contributed by atoms with van der Waals surface area (Å²) in [7, 11) is 0. The van der Waals surface area contributed by atoms with Crippen LogP contribution in [0.5, 0.6) is 0 Å². The molecule has 1 heterocycles. The average molecular weight is 171 g/mol. The lowest BCUT2D eigenvalue weighted by atomic mass is 9.87. The summed E-state index contributed by atoms with van der Waals surface area (Å²) in [4.78, 5) is 0. The van der Waals surface area contributed by atoms with Crippen molar-refractivity contribution in [3.63, 3.8) is 0 Å². The topological polar surface area (TPSA) is 32.3 Å². The molecule has 1 aliphatic rings. The van der Waals surface area contributed by atoms with Gasteiger partial charge in [0, 0.05) is 6.04 Å². The smallest absolute Gasteiger partial charge is 0.0716 e. The second-order valence-corrected chi connectivity index (χ2v) is 4.42. The van der Waals surface area contributed by atoms with Gasteiger partial charge in [-0.2, -0.15) is 0 Å². The van der Waals surface area contributed by atoms with Gasteiger partial charge in [0.2, 0.25) is 0 Å². The van der Waals surface area contributed by atoms with E-state index >= 15 is 0 Å². The van der Waals surface area contributed by atoms with Crippen LogP contribution in [0.15, 0.2) is 0 Å². The number of aliphatic hydroxyl groups is 1. The summed E-state index contributed by atoms with van der Waals surface area (Å²) in [5.41, 5.74) is 0. The molecule has 0 radical (unpaired) electrons. The Balaban J connectivity index is 2.40. The fourth-order valence-corrected chi connectivity index (χ4v) is 1.87. The molecule has 0 aromatic heterocycles. The first-order chi connectivity index (χ1) is 5.61. The maximum Gasteiger partial charge on any atom is 0.0716 e. The molecule has 0 amide bonds. The zero-order chi connectivity index (χ0) is 9.14. The maximum atomic E-state index is 9.81. The van der Waals surface area contributed by atoms with Crippen molar-refractivity contribution in [1.82, 2.24) is 5.32 Å². The average Bonchev–Trinajstić information content (AvgIpc) is 2.03. The van der Waals surface area contributed by atoms with Crippen LogP contribution in [0, 0.1) is 11.8 Å². The van der Waals surface area contributed by atoms with E-state index in [1.807, 2.05) is 0 Å². The maximum absolute atomic E-state index is 9.81. The van der Waals surface area contributed by atoms with Gasteiger partial charge in [0.15, 0.2) is 0 Å². The first kappa shape index (κ1) is 10.0. The Bertz CT molecular complexity index is 136. The fourth-order valence-electron chi connectivity index (χ4n) is 1.87. The van der Waals surface area contributed by atoms with Crippen molar-refractivity contribution in [2.24, 2.45) is 11.8 Å². The largest absolute Gasteiger partial charge is 0.391 e. The van der Waals surface area contributed by atoms with Gasteiger partial charge in [-0.25, -0.2) is 0 Å². The second kappa shape index (κ2) is 4.24. The molecule has 12 heavy (non-hydrogen) atoms. The van der Waals surface area contributed by atoms with Crippen molar-refractivity contribution in [3.05, 3.63) is 0 Å². The first-order valence-corrected chi connectivity index (χ1v) is 5.02. The zero-order valence-electron chi connectivity index (χ0n) is 8.38. The van der Waals surface area contributed by atoms with Gasteiger partial charge in [0.25, 0.3) is 0 Å². The van der Waals surface area contributed by atoms with Crippen LogP contribution in [-0.2, 0) is 0 Å². The molecule has 1 aliphatic heterocycles. The number of piperidine rings is 1. The van der Waals surface area contributed by atoms with E-state index < -0.39 is 0 Å². The van der Waals surface area contributed by atoms with Gasteiger partial charge >= 0.3 is 0 Å². The van der Waals surface area contributed by atoms with Gasteiger partial charge in [0.05, 0.1) is 6.10 Å². The van der Waals surface area contributed by atoms with E-state index in [-0.39, 0.29) is 6.10 Å². The molecule has 2 nitrogen and oxygen atoms in total. The van der Waals surface area contributed by atoms with Crippen molar-refractivity contribution in [2.75, 3.05) is 6.54 Å². The summed E-state index contributed by atoms with van der Waals surface area (Å²) in [6, 6.07) is 0.328. The first-order valence-electron chi connectivity index (χ1n) is 5.02. The summed E-state index contributed by atoms with van der Waals surface area (Å²) in [6.45, 7) is 7.48. The molecule has 3 atom stereocenters. The third-order valence-corrected chi connectivity index (χ3v) is 2.80. The third-order valence-electron chi connectivity index (χ3n) is 2.80. The summed E-state index contributed by atoms with van der Waals surface area (Å²) in [5, 5.41) is 13.2. The van der Waals surface area contributed by atoms with Gasteiger partial charge in [0.1, 0.15) is 0 Å². The van der Waals surface area contributed by atoms with Crippen LogP contribution in [0.1, 0.15) is 33.6 Å². The van der Waals surface area contributed by atoms with E-state index in [0.717, 1.165) is 18.9 Å². The minimum atomic E-state index is -0.173. The molecule has 0 saturated carbocycles. The Morgan fingerprint density at radius 2 is 2.08 bits per heavy atom. The van der Waals surface area contributed by atoms with Gasteiger partial charge in [-0.15, -0.1) is 0 Å². The van der Waals surface area contributed by atoms with E-state index in [1.54, 1.807) is 0 Å². The number of hydrogen-bond acceptors (Lipinski definition) is 2. The van der Waals surface area contributed by atoms with Crippen LogP contribution in [0.2, 0.25) is 0 Å². The SMILES string of the molecule is CC1CCNC(C(O)C(C)C)C1.